The molecular formula is C25H25N5O. The molecule has 0 amide bonds. The van der Waals surface area contributed by atoms with Crippen LogP contribution in [-0.4, -0.2) is 42.2 Å². The standard InChI is InChI=1S/C25H25N5O/c1-27-12-13-29(18-27)21-7-3-9-23(14-21)31-24-10-4-8-22(15-24)30-17-25(28(2)19-30)20-6-5-11-26-16-20/h3-17H,18-19H2,1-2H3. The van der Waals surface area contributed by atoms with Crippen LogP contribution < -0.4 is 14.5 Å². The molecule has 31 heavy (non-hydrogen) atoms. The summed E-state index contributed by atoms with van der Waals surface area (Å²) in [6.45, 7) is 1.62. The van der Waals surface area contributed by atoms with E-state index in [2.05, 4.69) is 87.6 Å². The Hall–Kier alpha value is -3.93. The van der Waals surface area contributed by atoms with E-state index in [-0.39, 0.29) is 0 Å². The first-order valence-electron chi connectivity index (χ1n) is 10.3. The molecule has 0 aliphatic carbocycles. The Labute approximate surface area is 182 Å². The van der Waals surface area contributed by atoms with E-state index in [1.54, 1.807) is 6.20 Å². The molecule has 0 spiro atoms. The highest BCUT2D eigenvalue weighted by atomic mass is 16.5. The topological polar surface area (TPSA) is 35.1 Å². The maximum atomic E-state index is 6.21. The van der Waals surface area contributed by atoms with Gasteiger partial charge in [0, 0.05) is 74.2 Å². The molecule has 2 aromatic carbocycles. The van der Waals surface area contributed by atoms with Gasteiger partial charge in [-0.3, -0.25) is 4.98 Å². The Kier molecular flexibility index (Phi) is 4.96. The predicted octanol–water partition coefficient (Wildman–Crippen LogP) is 4.76. The fraction of sp³-hybridized carbons (Fsp3) is 0.160. The Bertz CT molecular complexity index is 1130. The van der Waals surface area contributed by atoms with Gasteiger partial charge < -0.3 is 24.3 Å². The van der Waals surface area contributed by atoms with Crippen molar-refractivity contribution in [3.63, 3.8) is 0 Å². The molecule has 2 aliphatic rings. The molecule has 0 atom stereocenters. The zero-order valence-corrected chi connectivity index (χ0v) is 17.7. The van der Waals surface area contributed by atoms with E-state index in [0.29, 0.717) is 0 Å². The van der Waals surface area contributed by atoms with Gasteiger partial charge in [-0.1, -0.05) is 12.1 Å². The largest absolute Gasteiger partial charge is 0.457 e. The molecule has 156 valence electrons. The molecule has 0 radical (unpaired) electrons. The second kappa shape index (κ2) is 8.07. The first-order valence-corrected chi connectivity index (χ1v) is 10.3. The summed E-state index contributed by atoms with van der Waals surface area (Å²) in [6.07, 6.45) is 10.00. The number of hydrogen-bond donors (Lipinski definition) is 0. The molecule has 0 saturated carbocycles. The fourth-order valence-corrected chi connectivity index (χ4v) is 3.84. The van der Waals surface area contributed by atoms with Crippen LogP contribution >= 0.6 is 0 Å². The van der Waals surface area contributed by atoms with E-state index in [1.165, 1.54) is 0 Å². The van der Waals surface area contributed by atoms with Crippen LogP contribution in [0, 0.1) is 0 Å². The van der Waals surface area contributed by atoms with E-state index < -0.39 is 0 Å². The lowest BCUT2D eigenvalue weighted by Crippen LogP contribution is -2.22. The normalized spacial score (nSPS) is 15.6. The molecule has 0 saturated heterocycles. The smallest absolute Gasteiger partial charge is 0.129 e. The van der Waals surface area contributed by atoms with Crippen molar-refractivity contribution in [3.05, 3.63) is 97.2 Å². The third-order valence-electron chi connectivity index (χ3n) is 5.42. The van der Waals surface area contributed by atoms with Crippen molar-refractivity contribution in [2.24, 2.45) is 0 Å². The summed E-state index contributed by atoms with van der Waals surface area (Å²) < 4.78 is 6.21. The average molecular weight is 412 g/mol. The van der Waals surface area contributed by atoms with Gasteiger partial charge in [0.15, 0.2) is 0 Å². The van der Waals surface area contributed by atoms with Crippen molar-refractivity contribution in [2.45, 2.75) is 0 Å². The first-order chi connectivity index (χ1) is 15.2. The molecule has 5 rings (SSSR count). The summed E-state index contributed by atoms with van der Waals surface area (Å²) in [4.78, 5) is 13.0. The predicted molar refractivity (Wildman–Crippen MR) is 125 cm³/mol. The van der Waals surface area contributed by atoms with Crippen molar-refractivity contribution in [3.8, 4) is 11.5 Å². The number of ether oxygens (including phenoxy) is 1. The lowest BCUT2D eigenvalue weighted by molar-refractivity contribution is 0.480. The Morgan fingerprint density at radius 2 is 1.55 bits per heavy atom. The minimum Gasteiger partial charge on any atom is -0.457 e. The van der Waals surface area contributed by atoms with Gasteiger partial charge in [0.2, 0.25) is 0 Å². The molecule has 6 nitrogen and oxygen atoms in total. The van der Waals surface area contributed by atoms with E-state index in [0.717, 1.165) is 47.5 Å². The monoisotopic (exact) mass is 411 g/mol. The number of benzene rings is 2. The van der Waals surface area contributed by atoms with Gasteiger partial charge in [0.25, 0.3) is 0 Å². The van der Waals surface area contributed by atoms with Crippen molar-refractivity contribution >= 4 is 17.1 Å². The highest BCUT2D eigenvalue weighted by molar-refractivity contribution is 5.71. The molecule has 2 aliphatic heterocycles. The van der Waals surface area contributed by atoms with E-state index in [1.807, 2.05) is 36.5 Å². The quantitative estimate of drug-likeness (QED) is 0.602. The van der Waals surface area contributed by atoms with Crippen LogP contribution in [0.1, 0.15) is 5.56 Å². The lowest BCUT2D eigenvalue weighted by Gasteiger charge is -2.20. The maximum Gasteiger partial charge on any atom is 0.129 e. The van der Waals surface area contributed by atoms with E-state index >= 15 is 0 Å². The van der Waals surface area contributed by atoms with Crippen molar-refractivity contribution < 1.29 is 4.74 Å². The molecule has 0 bridgehead atoms. The maximum absolute atomic E-state index is 6.21. The van der Waals surface area contributed by atoms with Crippen LogP contribution in [0.15, 0.2) is 91.7 Å². The number of aromatic nitrogens is 1. The number of anilines is 2. The molecule has 0 fully saturated rings. The van der Waals surface area contributed by atoms with Gasteiger partial charge in [0.1, 0.15) is 11.5 Å². The third kappa shape index (κ3) is 4.05. The van der Waals surface area contributed by atoms with Crippen molar-refractivity contribution in [2.75, 3.05) is 37.2 Å². The molecule has 3 heterocycles. The van der Waals surface area contributed by atoms with Crippen LogP contribution in [0.4, 0.5) is 11.4 Å². The average Bonchev–Trinajstić information content (AvgIpc) is 3.40. The van der Waals surface area contributed by atoms with Crippen LogP contribution in [0.5, 0.6) is 11.5 Å². The molecule has 1 aromatic heterocycles. The minimum absolute atomic E-state index is 0.776. The fourth-order valence-electron chi connectivity index (χ4n) is 3.84. The molecule has 0 unspecified atom stereocenters. The van der Waals surface area contributed by atoms with E-state index in [4.69, 9.17) is 4.74 Å². The highest BCUT2D eigenvalue weighted by Crippen LogP contribution is 2.32. The lowest BCUT2D eigenvalue weighted by atomic mass is 10.2. The molecule has 0 N–H and O–H groups in total. The number of rotatable bonds is 5. The second-order valence-corrected chi connectivity index (χ2v) is 7.83. The third-order valence-corrected chi connectivity index (χ3v) is 5.42. The Morgan fingerprint density at radius 3 is 2.19 bits per heavy atom. The van der Waals surface area contributed by atoms with Gasteiger partial charge in [-0.15, -0.1) is 0 Å². The number of pyridine rings is 1. The van der Waals surface area contributed by atoms with Crippen LogP contribution in [0.25, 0.3) is 5.70 Å². The summed E-state index contributed by atoms with van der Waals surface area (Å²) in [6, 6.07) is 20.4. The van der Waals surface area contributed by atoms with Crippen LogP contribution in [0.2, 0.25) is 0 Å². The summed E-state index contributed by atoms with van der Waals surface area (Å²) >= 11 is 0. The molecule has 6 heteroatoms. The minimum atomic E-state index is 0.776. The summed E-state index contributed by atoms with van der Waals surface area (Å²) in [5.74, 6) is 1.64. The summed E-state index contributed by atoms with van der Waals surface area (Å²) in [7, 11) is 4.15. The van der Waals surface area contributed by atoms with Crippen LogP contribution in [-0.2, 0) is 0 Å². The molecule has 3 aromatic rings. The zero-order chi connectivity index (χ0) is 21.2. The van der Waals surface area contributed by atoms with Crippen LogP contribution in [0.3, 0.4) is 0 Å². The highest BCUT2D eigenvalue weighted by Gasteiger charge is 2.20. The van der Waals surface area contributed by atoms with E-state index in [9.17, 15) is 0 Å². The Morgan fingerprint density at radius 1 is 0.806 bits per heavy atom. The van der Waals surface area contributed by atoms with Crippen molar-refractivity contribution in [1.29, 1.82) is 0 Å². The SMILES string of the molecule is CN1C=CN(c2cccc(Oc3cccc(N4C=C(c5cccnc5)N(C)C4)c3)c2)C1. The second-order valence-electron chi connectivity index (χ2n) is 7.83. The Balaban J connectivity index is 1.35. The van der Waals surface area contributed by atoms with Gasteiger partial charge in [-0.2, -0.15) is 0 Å². The van der Waals surface area contributed by atoms with Gasteiger partial charge >= 0.3 is 0 Å². The summed E-state index contributed by atoms with van der Waals surface area (Å²) in [5.41, 5.74) is 4.46. The van der Waals surface area contributed by atoms with Gasteiger partial charge in [0.05, 0.1) is 19.0 Å². The summed E-state index contributed by atoms with van der Waals surface area (Å²) in [5, 5.41) is 0. The zero-order valence-electron chi connectivity index (χ0n) is 17.7. The number of nitrogens with zero attached hydrogens (tertiary/aromatic N) is 5. The number of hydrogen-bond acceptors (Lipinski definition) is 6. The first kappa shape index (κ1) is 19.1. The molecular weight excluding hydrogens is 386 g/mol. The van der Waals surface area contributed by atoms with Gasteiger partial charge in [-0.25, -0.2) is 0 Å². The van der Waals surface area contributed by atoms with Gasteiger partial charge in [-0.05, 0) is 36.4 Å². The van der Waals surface area contributed by atoms with Crippen molar-refractivity contribution in [1.82, 2.24) is 14.8 Å².